The van der Waals surface area contributed by atoms with E-state index < -0.39 is 19.1 Å². The lowest BCUT2D eigenvalue weighted by Gasteiger charge is -2.33. The fourth-order valence-corrected chi connectivity index (χ4v) is 5.99. The average Bonchev–Trinajstić information content (AvgIpc) is 3.20. The fourth-order valence-electron chi connectivity index (χ4n) is 4.45. The summed E-state index contributed by atoms with van der Waals surface area (Å²) in [6.45, 7) is 4.76. The van der Waals surface area contributed by atoms with Crippen LogP contribution < -0.4 is 20.7 Å². The molecule has 2 atom stereocenters. The number of rotatable bonds is 8. The van der Waals surface area contributed by atoms with Crippen LogP contribution in [0.15, 0.2) is 47.6 Å². The van der Waals surface area contributed by atoms with Crippen molar-refractivity contribution in [2.75, 3.05) is 57.8 Å². The van der Waals surface area contributed by atoms with Crippen LogP contribution in [0.5, 0.6) is 5.75 Å². The molecule has 0 unspecified atom stereocenters. The molecular weight excluding hydrogens is 532 g/mol. The monoisotopic (exact) mass is 564 g/mol. The van der Waals surface area contributed by atoms with Crippen molar-refractivity contribution in [2.24, 2.45) is 0 Å². The molecule has 4 rings (SSSR count). The van der Waals surface area contributed by atoms with Gasteiger partial charge in [0.15, 0.2) is 0 Å². The van der Waals surface area contributed by atoms with Gasteiger partial charge in [0.1, 0.15) is 24.1 Å². The van der Waals surface area contributed by atoms with Crippen molar-refractivity contribution in [3.05, 3.63) is 48.2 Å². The largest absolute Gasteiger partial charge is 0.495 e. The Morgan fingerprint density at radius 3 is 2.71 bits per heavy atom. The molecule has 0 bridgehead atoms. The van der Waals surface area contributed by atoms with Gasteiger partial charge in [-0.15, -0.1) is 0 Å². The number of likely N-dealkylation sites (tertiary alicyclic amines) is 1. The zero-order valence-electron chi connectivity index (χ0n) is 21.8. The number of pyridine rings is 1. The number of halogens is 3. The number of hydrogen-bond acceptors (Lipinski definition) is 6. The van der Waals surface area contributed by atoms with Gasteiger partial charge in [0, 0.05) is 24.6 Å². The van der Waals surface area contributed by atoms with Gasteiger partial charge < -0.3 is 29.2 Å². The van der Waals surface area contributed by atoms with Crippen LogP contribution in [0.3, 0.4) is 0 Å². The molecule has 1 aliphatic rings. The molecule has 0 aliphatic carbocycles. The van der Waals surface area contributed by atoms with Gasteiger partial charge in [-0.05, 0) is 75.0 Å². The zero-order chi connectivity index (χ0) is 27.4. The number of fused-ring (bicyclic) bond motifs is 1. The molecule has 6 nitrogen and oxygen atoms in total. The standard InChI is InChI=1S/C27H32F3N4O2PS/c1-33-14-11-21(20(28)17-33)32-22-8-6-13-34-24(22)15-18(26(34)38-27(29)30)7-5-12-31-23-10-9-19(37(3,4)35)16-25(23)36-2/h6,8-10,13,15-16,20-21,27,31-32H,11-12,14,17H2,1-4H3/t20-,21+/m0/s1. The van der Waals surface area contributed by atoms with Crippen LogP contribution in [0.1, 0.15) is 12.0 Å². The molecular formula is C27H32F3N4O2PS. The fraction of sp³-hybridized carbons (Fsp3) is 0.407. The summed E-state index contributed by atoms with van der Waals surface area (Å²) in [5.41, 5.74) is 2.50. The van der Waals surface area contributed by atoms with E-state index in [9.17, 15) is 17.7 Å². The number of aromatic nitrogens is 1. The number of hydrogen-bond donors (Lipinski definition) is 2. The minimum Gasteiger partial charge on any atom is -0.495 e. The van der Waals surface area contributed by atoms with Crippen LogP contribution in [0.2, 0.25) is 0 Å². The lowest BCUT2D eigenvalue weighted by molar-refractivity contribution is 0.149. The Bertz CT molecular complexity index is 1400. The summed E-state index contributed by atoms with van der Waals surface area (Å²) in [4.78, 5) is 1.95. The molecule has 3 heterocycles. The first-order valence-electron chi connectivity index (χ1n) is 12.2. The van der Waals surface area contributed by atoms with E-state index >= 15 is 0 Å². The lowest BCUT2D eigenvalue weighted by atomic mass is 10.0. The van der Waals surface area contributed by atoms with Crippen LogP contribution >= 0.6 is 18.9 Å². The van der Waals surface area contributed by atoms with Crippen molar-refractivity contribution in [3.63, 3.8) is 0 Å². The molecule has 11 heteroatoms. The Morgan fingerprint density at radius 1 is 1.24 bits per heavy atom. The van der Waals surface area contributed by atoms with Crippen LogP contribution in [-0.4, -0.2) is 74.4 Å². The van der Waals surface area contributed by atoms with E-state index in [1.54, 1.807) is 54.3 Å². The minimum atomic E-state index is -2.62. The third-order valence-electron chi connectivity index (χ3n) is 6.45. The summed E-state index contributed by atoms with van der Waals surface area (Å²) in [6, 6.07) is 10.3. The third-order valence-corrected chi connectivity index (χ3v) is 8.79. The molecule has 1 saturated heterocycles. The molecule has 1 aromatic carbocycles. The van der Waals surface area contributed by atoms with Gasteiger partial charge in [0.05, 0.1) is 42.2 Å². The van der Waals surface area contributed by atoms with Gasteiger partial charge in [-0.1, -0.05) is 11.8 Å². The molecule has 38 heavy (non-hydrogen) atoms. The molecule has 2 aromatic heterocycles. The van der Waals surface area contributed by atoms with Crippen molar-refractivity contribution in [1.82, 2.24) is 9.30 Å². The first-order valence-corrected chi connectivity index (χ1v) is 15.7. The zero-order valence-corrected chi connectivity index (χ0v) is 23.5. The highest BCUT2D eigenvalue weighted by Gasteiger charge is 2.28. The maximum absolute atomic E-state index is 14.7. The predicted octanol–water partition coefficient (Wildman–Crippen LogP) is 5.43. The van der Waals surface area contributed by atoms with Crippen LogP contribution in [0.4, 0.5) is 24.5 Å². The summed E-state index contributed by atoms with van der Waals surface area (Å²) in [5, 5.41) is 7.50. The summed E-state index contributed by atoms with van der Waals surface area (Å²) in [6.07, 6.45) is 1.33. The van der Waals surface area contributed by atoms with E-state index in [1.165, 1.54) is 7.11 Å². The number of nitrogens with zero attached hydrogens (tertiary/aromatic N) is 2. The normalized spacial score (nSPS) is 18.3. The summed E-state index contributed by atoms with van der Waals surface area (Å²) in [5.74, 6) is 3.95. The lowest BCUT2D eigenvalue weighted by Crippen LogP contribution is -2.46. The van der Waals surface area contributed by atoms with Gasteiger partial charge in [-0.25, -0.2) is 4.39 Å². The van der Waals surface area contributed by atoms with E-state index in [-0.39, 0.29) is 12.6 Å². The molecule has 1 fully saturated rings. The molecule has 2 N–H and O–H groups in total. The number of benzene rings is 1. The molecule has 0 spiro atoms. The van der Waals surface area contributed by atoms with E-state index in [4.69, 9.17) is 4.74 Å². The quantitative estimate of drug-likeness (QED) is 0.216. The first kappa shape index (κ1) is 28.3. The highest BCUT2D eigenvalue weighted by Crippen LogP contribution is 2.37. The van der Waals surface area contributed by atoms with Crippen molar-refractivity contribution in [1.29, 1.82) is 0 Å². The number of methoxy groups -OCH3 is 1. The van der Waals surface area contributed by atoms with Crippen molar-refractivity contribution in [3.8, 4) is 17.6 Å². The van der Waals surface area contributed by atoms with Gasteiger partial charge in [-0.2, -0.15) is 8.78 Å². The SMILES string of the molecule is COc1cc(P(C)(C)=O)ccc1NCC#Cc1cc2c(N[C@@H]3CCN(C)C[C@@H]3F)cccn2c1SC(F)F. The van der Waals surface area contributed by atoms with Crippen LogP contribution in [0, 0.1) is 11.8 Å². The van der Waals surface area contributed by atoms with Crippen LogP contribution in [-0.2, 0) is 4.57 Å². The maximum atomic E-state index is 14.7. The number of thioether (sulfide) groups is 1. The highest BCUT2D eigenvalue weighted by molar-refractivity contribution is 7.99. The number of nitrogens with one attached hydrogen (secondary N) is 2. The Hall–Kier alpha value is -2.73. The Morgan fingerprint density at radius 2 is 2.03 bits per heavy atom. The second kappa shape index (κ2) is 12.0. The summed E-state index contributed by atoms with van der Waals surface area (Å²) >= 11 is 0.433. The van der Waals surface area contributed by atoms with Gasteiger partial charge in [-0.3, -0.25) is 0 Å². The van der Waals surface area contributed by atoms with E-state index in [0.29, 0.717) is 63.3 Å². The van der Waals surface area contributed by atoms with Gasteiger partial charge in [0.2, 0.25) is 0 Å². The number of ether oxygens (including phenoxy) is 1. The van der Waals surface area contributed by atoms with Gasteiger partial charge >= 0.3 is 0 Å². The predicted molar refractivity (Wildman–Crippen MR) is 151 cm³/mol. The second-order valence-electron chi connectivity index (χ2n) is 9.63. The second-order valence-corrected chi connectivity index (χ2v) is 13.8. The Balaban J connectivity index is 1.58. The number of anilines is 2. The molecule has 204 valence electrons. The molecule has 0 saturated carbocycles. The Kier molecular flexibility index (Phi) is 8.92. The third kappa shape index (κ3) is 6.63. The summed E-state index contributed by atoms with van der Waals surface area (Å²) in [7, 11) is 0.996. The van der Waals surface area contributed by atoms with Crippen molar-refractivity contribution < 1.29 is 22.5 Å². The van der Waals surface area contributed by atoms with E-state index in [1.807, 2.05) is 18.0 Å². The Labute approximate surface area is 225 Å². The smallest absolute Gasteiger partial charge is 0.290 e. The van der Waals surface area contributed by atoms with Gasteiger partial charge in [0.25, 0.3) is 5.76 Å². The van der Waals surface area contributed by atoms with Crippen molar-refractivity contribution >= 4 is 41.1 Å². The number of piperidine rings is 1. The molecule has 1 aliphatic heterocycles. The highest BCUT2D eigenvalue weighted by atomic mass is 32.2. The number of alkyl halides is 3. The average molecular weight is 565 g/mol. The van der Waals surface area contributed by atoms with E-state index in [0.717, 1.165) is 6.54 Å². The van der Waals surface area contributed by atoms with Crippen molar-refractivity contribution in [2.45, 2.75) is 29.4 Å². The minimum absolute atomic E-state index is 0.237. The molecule has 0 amide bonds. The van der Waals surface area contributed by atoms with E-state index in [2.05, 4.69) is 22.5 Å². The van der Waals surface area contributed by atoms with Crippen LogP contribution in [0.25, 0.3) is 5.52 Å². The molecule has 0 radical (unpaired) electrons. The maximum Gasteiger partial charge on any atom is 0.290 e. The molecule has 3 aromatic rings. The first-order chi connectivity index (χ1) is 18.1. The topological polar surface area (TPSA) is 58.0 Å². The summed E-state index contributed by atoms with van der Waals surface area (Å²) < 4.78 is 61.1.